The Morgan fingerprint density at radius 1 is 1.22 bits per heavy atom. The molecule has 0 saturated heterocycles. The molecule has 0 aliphatic carbocycles. The van der Waals surface area contributed by atoms with Crippen LogP contribution in [-0.4, -0.2) is 29.8 Å². The summed E-state index contributed by atoms with van der Waals surface area (Å²) in [6.45, 7) is 7.63. The average Bonchev–Trinajstić information content (AvgIpc) is 3.18. The van der Waals surface area contributed by atoms with Gasteiger partial charge in [0.25, 0.3) is 5.91 Å². The summed E-state index contributed by atoms with van der Waals surface area (Å²) in [7, 11) is 0. The Morgan fingerprint density at radius 2 is 2.00 bits per heavy atom. The second-order valence-electron chi connectivity index (χ2n) is 7.52. The minimum atomic E-state index is -0.381. The van der Waals surface area contributed by atoms with Crippen molar-refractivity contribution in [3.63, 3.8) is 0 Å². The molecule has 144 valence electrons. The summed E-state index contributed by atoms with van der Waals surface area (Å²) in [5.41, 5.74) is 1.50. The Balaban J connectivity index is 2.08. The van der Waals surface area contributed by atoms with Gasteiger partial charge in [0.2, 0.25) is 5.91 Å². The molecular formula is C22H28N2O2S. The molecule has 4 nitrogen and oxygen atoms in total. The van der Waals surface area contributed by atoms with E-state index < -0.39 is 0 Å². The highest BCUT2D eigenvalue weighted by Crippen LogP contribution is 2.44. The highest BCUT2D eigenvalue weighted by Gasteiger charge is 2.44. The predicted molar refractivity (Wildman–Crippen MR) is 110 cm³/mol. The van der Waals surface area contributed by atoms with Crippen LogP contribution in [0.5, 0.6) is 0 Å². The topological polar surface area (TPSA) is 49.4 Å². The maximum Gasteiger partial charge on any atom is 0.254 e. The number of nitrogens with one attached hydrogen (secondary N) is 1. The van der Waals surface area contributed by atoms with Gasteiger partial charge in [-0.15, -0.1) is 11.3 Å². The Bertz CT molecular complexity index is 785. The molecule has 2 unspecified atom stereocenters. The molecule has 0 bridgehead atoms. The lowest BCUT2D eigenvalue weighted by Gasteiger charge is -2.42. The zero-order chi connectivity index (χ0) is 19.4. The van der Waals surface area contributed by atoms with Gasteiger partial charge in [-0.05, 0) is 35.4 Å². The molecule has 0 fully saturated rings. The van der Waals surface area contributed by atoms with E-state index in [0.717, 1.165) is 23.3 Å². The van der Waals surface area contributed by atoms with Crippen LogP contribution in [0.2, 0.25) is 0 Å². The molecule has 2 aromatic rings. The Kier molecular flexibility index (Phi) is 6.32. The number of hydrogen-bond donors (Lipinski definition) is 1. The van der Waals surface area contributed by atoms with Crippen molar-refractivity contribution in [2.24, 2.45) is 5.92 Å². The molecule has 1 aliphatic heterocycles. The van der Waals surface area contributed by atoms with Crippen LogP contribution >= 0.6 is 11.3 Å². The fraction of sp³-hybridized carbons (Fsp3) is 0.455. The van der Waals surface area contributed by atoms with Crippen molar-refractivity contribution in [2.75, 3.05) is 13.1 Å². The lowest BCUT2D eigenvalue weighted by atomic mass is 9.81. The first-order chi connectivity index (χ1) is 13.0. The molecule has 5 heteroatoms. The second-order valence-corrected chi connectivity index (χ2v) is 8.50. The normalized spacial score (nSPS) is 19.3. The third kappa shape index (κ3) is 4.08. The van der Waals surface area contributed by atoms with E-state index in [2.05, 4.69) is 26.1 Å². The summed E-state index contributed by atoms with van der Waals surface area (Å²) >= 11 is 1.61. The van der Waals surface area contributed by atoms with E-state index >= 15 is 0 Å². The average molecular weight is 385 g/mol. The summed E-state index contributed by atoms with van der Waals surface area (Å²) in [5.74, 6) is -0.0236. The number of fused-ring (bicyclic) bond motifs is 1. The van der Waals surface area contributed by atoms with Crippen molar-refractivity contribution in [3.8, 4) is 0 Å². The van der Waals surface area contributed by atoms with Crippen molar-refractivity contribution >= 4 is 23.2 Å². The van der Waals surface area contributed by atoms with Gasteiger partial charge in [0.1, 0.15) is 0 Å². The number of rotatable bonds is 7. The Hall–Kier alpha value is -2.14. The van der Waals surface area contributed by atoms with Gasteiger partial charge < -0.3 is 10.2 Å². The van der Waals surface area contributed by atoms with Crippen LogP contribution in [0, 0.1) is 5.92 Å². The molecule has 1 aromatic heterocycles. The van der Waals surface area contributed by atoms with E-state index in [1.807, 2.05) is 46.7 Å². The third-order valence-corrected chi connectivity index (χ3v) is 5.89. The molecule has 0 saturated carbocycles. The number of carbonyl (C=O) groups is 2. The first kappa shape index (κ1) is 19.6. The van der Waals surface area contributed by atoms with Gasteiger partial charge in [-0.2, -0.15) is 0 Å². The van der Waals surface area contributed by atoms with Gasteiger partial charge in [-0.1, -0.05) is 51.5 Å². The van der Waals surface area contributed by atoms with Crippen molar-refractivity contribution in [1.29, 1.82) is 0 Å². The van der Waals surface area contributed by atoms with Crippen LogP contribution < -0.4 is 5.32 Å². The monoisotopic (exact) mass is 384 g/mol. The molecular weight excluding hydrogens is 356 g/mol. The lowest BCUT2D eigenvalue weighted by Crippen LogP contribution is -2.48. The van der Waals surface area contributed by atoms with Crippen LogP contribution in [0.25, 0.3) is 0 Å². The molecule has 1 aliphatic rings. The molecule has 0 radical (unpaired) electrons. The Morgan fingerprint density at radius 3 is 2.67 bits per heavy atom. The molecule has 1 aromatic carbocycles. The molecule has 2 heterocycles. The standard InChI is InChI=1S/C22H28N2O2S/c1-4-5-12-23-21(25)19-16-9-6-7-10-17(16)22(26)24(14-15(2)3)20(19)18-11-8-13-27-18/h6-11,13,15,19-20H,4-5,12,14H2,1-3H3,(H,23,25). The van der Waals surface area contributed by atoms with Crippen LogP contribution in [0.15, 0.2) is 41.8 Å². The first-order valence-corrected chi connectivity index (χ1v) is 10.6. The van der Waals surface area contributed by atoms with E-state index in [-0.39, 0.29) is 23.8 Å². The molecule has 1 N–H and O–H groups in total. The second kappa shape index (κ2) is 8.70. The summed E-state index contributed by atoms with van der Waals surface area (Å²) in [4.78, 5) is 29.5. The lowest BCUT2D eigenvalue weighted by molar-refractivity contribution is -0.124. The molecule has 27 heavy (non-hydrogen) atoms. The van der Waals surface area contributed by atoms with Crippen molar-refractivity contribution < 1.29 is 9.59 Å². The summed E-state index contributed by atoms with van der Waals surface area (Å²) in [5, 5.41) is 5.12. The molecule has 0 spiro atoms. The van der Waals surface area contributed by atoms with Gasteiger partial charge in [0, 0.05) is 23.5 Å². The number of unbranched alkanes of at least 4 members (excludes halogenated alkanes) is 1. The smallest absolute Gasteiger partial charge is 0.254 e. The maximum absolute atomic E-state index is 13.3. The van der Waals surface area contributed by atoms with Crippen LogP contribution in [0.3, 0.4) is 0 Å². The fourth-order valence-corrected chi connectivity index (χ4v) is 4.62. The highest BCUT2D eigenvalue weighted by molar-refractivity contribution is 7.10. The number of carbonyl (C=O) groups excluding carboxylic acids is 2. The number of thiophene rings is 1. The third-order valence-electron chi connectivity index (χ3n) is 4.95. The van der Waals surface area contributed by atoms with Gasteiger partial charge >= 0.3 is 0 Å². The predicted octanol–water partition coefficient (Wildman–Crippen LogP) is 4.60. The zero-order valence-corrected chi connectivity index (χ0v) is 17.1. The van der Waals surface area contributed by atoms with Gasteiger partial charge in [0.05, 0.1) is 12.0 Å². The van der Waals surface area contributed by atoms with Crippen LogP contribution in [-0.2, 0) is 4.79 Å². The molecule has 3 rings (SSSR count). The highest BCUT2D eigenvalue weighted by atomic mass is 32.1. The van der Waals surface area contributed by atoms with E-state index in [9.17, 15) is 9.59 Å². The van der Waals surface area contributed by atoms with Crippen molar-refractivity contribution in [1.82, 2.24) is 10.2 Å². The quantitative estimate of drug-likeness (QED) is 0.709. The Labute approximate surface area is 165 Å². The van der Waals surface area contributed by atoms with E-state index in [1.54, 1.807) is 11.3 Å². The largest absolute Gasteiger partial charge is 0.355 e. The van der Waals surface area contributed by atoms with Gasteiger partial charge in [-0.25, -0.2) is 0 Å². The minimum Gasteiger partial charge on any atom is -0.355 e. The van der Waals surface area contributed by atoms with Gasteiger partial charge in [-0.3, -0.25) is 9.59 Å². The summed E-state index contributed by atoms with van der Waals surface area (Å²) in [6, 6.07) is 11.4. The number of nitrogens with zero attached hydrogens (tertiary/aromatic N) is 1. The van der Waals surface area contributed by atoms with Crippen LogP contribution in [0.4, 0.5) is 0 Å². The number of benzene rings is 1. The first-order valence-electron chi connectivity index (χ1n) is 9.75. The number of hydrogen-bond acceptors (Lipinski definition) is 3. The minimum absolute atomic E-state index is 0.00977. The summed E-state index contributed by atoms with van der Waals surface area (Å²) < 4.78 is 0. The maximum atomic E-state index is 13.3. The molecule has 2 atom stereocenters. The van der Waals surface area contributed by atoms with Crippen molar-refractivity contribution in [2.45, 2.75) is 45.6 Å². The van der Waals surface area contributed by atoms with Crippen molar-refractivity contribution in [3.05, 3.63) is 57.8 Å². The fourth-order valence-electron chi connectivity index (χ4n) is 3.74. The number of amides is 2. The van der Waals surface area contributed by atoms with Crippen LogP contribution in [0.1, 0.15) is 66.4 Å². The molecule has 2 amide bonds. The van der Waals surface area contributed by atoms with E-state index in [4.69, 9.17) is 0 Å². The SMILES string of the molecule is CCCCNC(=O)C1c2ccccc2C(=O)N(CC(C)C)C1c1cccs1. The zero-order valence-electron chi connectivity index (χ0n) is 16.3. The van der Waals surface area contributed by atoms with Gasteiger partial charge in [0.15, 0.2) is 0 Å². The summed E-state index contributed by atoms with van der Waals surface area (Å²) in [6.07, 6.45) is 1.99. The van der Waals surface area contributed by atoms with E-state index in [1.165, 1.54) is 0 Å². The van der Waals surface area contributed by atoms with E-state index in [0.29, 0.717) is 24.6 Å².